The van der Waals surface area contributed by atoms with Crippen LogP contribution < -0.4 is 5.73 Å². The molecule has 0 saturated carbocycles. The molecule has 2 N–H and O–H groups in total. The van der Waals surface area contributed by atoms with Crippen molar-refractivity contribution in [2.75, 3.05) is 39.2 Å². The molecule has 0 aromatic heterocycles. The van der Waals surface area contributed by atoms with Crippen LogP contribution in [0.25, 0.3) is 0 Å². The molecule has 0 bridgehead atoms. The van der Waals surface area contributed by atoms with Gasteiger partial charge >= 0.3 is 0 Å². The van der Waals surface area contributed by atoms with Crippen LogP contribution in [0.3, 0.4) is 0 Å². The Morgan fingerprint density at radius 2 is 2.00 bits per heavy atom. The van der Waals surface area contributed by atoms with Crippen LogP contribution in [-0.2, 0) is 19.5 Å². The van der Waals surface area contributed by atoms with Crippen LogP contribution in [-0.4, -0.2) is 52.1 Å². The molecule has 0 aliphatic carbocycles. The smallest absolute Gasteiger partial charge is 0.269 e. The maximum atomic E-state index is 12.3. The predicted octanol–water partition coefficient (Wildman–Crippen LogP) is 0.466. The monoisotopic (exact) mass is 314 g/mol. The highest BCUT2D eigenvalue weighted by Crippen LogP contribution is 2.31. The van der Waals surface area contributed by atoms with E-state index in [2.05, 4.69) is 0 Å². The van der Waals surface area contributed by atoms with Crippen molar-refractivity contribution in [3.8, 4) is 0 Å². The molecule has 1 amide bonds. The average molecular weight is 314 g/mol. The van der Waals surface area contributed by atoms with Gasteiger partial charge in [-0.15, -0.1) is 0 Å². The van der Waals surface area contributed by atoms with E-state index in [9.17, 15) is 13.2 Å². The summed E-state index contributed by atoms with van der Waals surface area (Å²) < 4.78 is 35.6. The summed E-state index contributed by atoms with van der Waals surface area (Å²) in [6.45, 7) is 1.36. The van der Waals surface area contributed by atoms with E-state index < -0.39 is 15.9 Å². The summed E-state index contributed by atoms with van der Waals surface area (Å²) in [5.41, 5.74) is 6.07. The van der Waals surface area contributed by atoms with Crippen LogP contribution in [0.4, 0.5) is 5.69 Å². The molecule has 1 heterocycles. The number of hydrogen-bond acceptors (Lipinski definition) is 6. The largest absolute Gasteiger partial charge is 0.399 e. The van der Waals surface area contributed by atoms with Gasteiger partial charge in [-0.2, -0.15) is 0 Å². The molecule has 1 aliphatic rings. The molecule has 21 heavy (non-hydrogen) atoms. The van der Waals surface area contributed by atoms with Crippen molar-refractivity contribution in [1.82, 2.24) is 4.31 Å². The first-order valence-electron chi connectivity index (χ1n) is 6.51. The number of sulfonamides is 1. The van der Waals surface area contributed by atoms with E-state index >= 15 is 0 Å². The summed E-state index contributed by atoms with van der Waals surface area (Å²) in [5.74, 6) is -0.512. The van der Waals surface area contributed by atoms with Gasteiger partial charge in [0.25, 0.3) is 15.9 Å². The van der Waals surface area contributed by atoms with Crippen LogP contribution >= 0.6 is 0 Å². The Bertz CT molecular complexity index is 629. The highest BCUT2D eigenvalue weighted by Gasteiger charge is 2.40. The number of nitrogen functional groups attached to an aromatic ring is 1. The van der Waals surface area contributed by atoms with Crippen molar-refractivity contribution in [2.45, 2.75) is 11.3 Å². The van der Waals surface area contributed by atoms with Crippen molar-refractivity contribution in [1.29, 1.82) is 0 Å². The standard InChI is InChI=1S/C13H18N2O5S/c1-19-7-8-20-6-2-5-15-13(16)11-4-3-10(14)9-12(11)21(15,17)18/h3-4,9H,2,5-8,14H2,1H3. The Morgan fingerprint density at radius 1 is 1.24 bits per heavy atom. The molecule has 1 aliphatic heterocycles. The van der Waals surface area contributed by atoms with Gasteiger partial charge in [-0.05, 0) is 24.6 Å². The summed E-state index contributed by atoms with van der Waals surface area (Å²) >= 11 is 0. The fourth-order valence-corrected chi connectivity index (χ4v) is 3.71. The number of ether oxygens (including phenoxy) is 2. The number of nitrogens with two attached hydrogens (primary N) is 1. The molecule has 0 fully saturated rings. The van der Waals surface area contributed by atoms with Gasteiger partial charge < -0.3 is 15.2 Å². The van der Waals surface area contributed by atoms with Gasteiger partial charge in [0.15, 0.2) is 0 Å². The number of rotatable bonds is 7. The first-order chi connectivity index (χ1) is 9.98. The third-order valence-electron chi connectivity index (χ3n) is 3.11. The Balaban J connectivity index is 2.01. The zero-order valence-corrected chi connectivity index (χ0v) is 12.6. The number of amides is 1. The second kappa shape index (κ2) is 6.42. The van der Waals surface area contributed by atoms with Crippen molar-refractivity contribution in [2.24, 2.45) is 0 Å². The average Bonchev–Trinajstić information content (AvgIpc) is 2.62. The summed E-state index contributed by atoms with van der Waals surface area (Å²) in [7, 11) is -2.22. The molecule has 8 heteroatoms. The SMILES string of the molecule is COCCOCCCN1C(=O)c2ccc(N)cc2S1(=O)=O. The van der Waals surface area contributed by atoms with Crippen LogP contribution in [0, 0.1) is 0 Å². The maximum Gasteiger partial charge on any atom is 0.269 e. The van der Waals surface area contributed by atoms with Gasteiger partial charge in [0.1, 0.15) is 4.90 Å². The lowest BCUT2D eigenvalue weighted by Gasteiger charge is -2.14. The molecular formula is C13H18N2O5S. The topological polar surface area (TPSA) is 98.9 Å². The van der Waals surface area contributed by atoms with Crippen LogP contribution in [0.15, 0.2) is 23.1 Å². The highest BCUT2D eigenvalue weighted by molar-refractivity contribution is 7.90. The van der Waals surface area contributed by atoms with Crippen LogP contribution in [0.5, 0.6) is 0 Å². The zero-order valence-electron chi connectivity index (χ0n) is 11.7. The molecule has 0 radical (unpaired) electrons. The van der Waals surface area contributed by atoms with Gasteiger partial charge in [-0.3, -0.25) is 4.79 Å². The van der Waals surface area contributed by atoms with E-state index in [0.29, 0.717) is 31.9 Å². The van der Waals surface area contributed by atoms with E-state index in [1.54, 1.807) is 7.11 Å². The number of benzene rings is 1. The Labute approximate surface area is 123 Å². The van der Waals surface area contributed by atoms with Crippen molar-refractivity contribution >= 4 is 21.6 Å². The van der Waals surface area contributed by atoms with Gasteiger partial charge in [0, 0.05) is 25.9 Å². The zero-order chi connectivity index (χ0) is 15.5. The molecule has 116 valence electrons. The lowest BCUT2D eigenvalue weighted by molar-refractivity contribution is 0.0659. The van der Waals surface area contributed by atoms with Gasteiger partial charge in [0.2, 0.25) is 0 Å². The van der Waals surface area contributed by atoms with E-state index in [0.717, 1.165) is 4.31 Å². The lowest BCUT2D eigenvalue weighted by Crippen LogP contribution is -2.31. The second-order valence-corrected chi connectivity index (χ2v) is 6.43. The first-order valence-corrected chi connectivity index (χ1v) is 7.96. The molecule has 0 saturated heterocycles. The number of carbonyl (C=O) groups excluding carboxylic acids is 1. The van der Waals surface area contributed by atoms with E-state index in [1.165, 1.54) is 18.2 Å². The number of carbonyl (C=O) groups is 1. The first kappa shape index (κ1) is 15.7. The van der Waals surface area contributed by atoms with Crippen LogP contribution in [0.2, 0.25) is 0 Å². The third kappa shape index (κ3) is 3.17. The minimum atomic E-state index is -3.79. The molecule has 2 rings (SSSR count). The number of fused-ring (bicyclic) bond motifs is 1. The second-order valence-electron chi connectivity index (χ2n) is 4.60. The molecule has 0 unspecified atom stereocenters. The Morgan fingerprint density at radius 3 is 2.71 bits per heavy atom. The van der Waals surface area contributed by atoms with Gasteiger partial charge in [-0.1, -0.05) is 0 Å². The third-order valence-corrected chi connectivity index (χ3v) is 4.93. The van der Waals surface area contributed by atoms with Crippen molar-refractivity contribution in [3.05, 3.63) is 23.8 Å². The normalized spacial score (nSPS) is 16.2. The van der Waals surface area contributed by atoms with E-state index in [-0.39, 0.29) is 17.0 Å². The molecular weight excluding hydrogens is 296 g/mol. The molecule has 0 atom stereocenters. The summed E-state index contributed by atoms with van der Waals surface area (Å²) in [5, 5.41) is 0. The van der Waals surface area contributed by atoms with Crippen molar-refractivity contribution < 1.29 is 22.7 Å². The highest BCUT2D eigenvalue weighted by atomic mass is 32.2. The van der Waals surface area contributed by atoms with E-state index in [1.807, 2.05) is 0 Å². The Kier molecular flexibility index (Phi) is 4.81. The molecule has 0 spiro atoms. The maximum absolute atomic E-state index is 12.3. The lowest BCUT2D eigenvalue weighted by atomic mass is 10.2. The van der Waals surface area contributed by atoms with Crippen LogP contribution in [0.1, 0.15) is 16.8 Å². The van der Waals surface area contributed by atoms with Gasteiger partial charge in [0.05, 0.1) is 18.8 Å². The number of hydrogen-bond donors (Lipinski definition) is 1. The Hall–Kier alpha value is -1.64. The van der Waals surface area contributed by atoms with Crippen molar-refractivity contribution in [3.63, 3.8) is 0 Å². The van der Waals surface area contributed by atoms with E-state index in [4.69, 9.17) is 15.2 Å². The van der Waals surface area contributed by atoms with Gasteiger partial charge in [-0.25, -0.2) is 12.7 Å². The minimum Gasteiger partial charge on any atom is -0.399 e. The summed E-state index contributed by atoms with van der Waals surface area (Å²) in [6.07, 6.45) is 0.429. The summed E-state index contributed by atoms with van der Waals surface area (Å²) in [6, 6.07) is 4.28. The molecule has 1 aromatic carbocycles. The number of methoxy groups -OCH3 is 1. The number of anilines is 1. The predicted molar refractivity (Wildman–Crippen MR) is 76.4 cm³/mol. The molecule has 1 aromatic rings. The quantitative estimate of drug-likeness (QED) is 0.580. The fourth-order valence-electron chi connectivity index (χ4n) is 2.07. The minimum absolute atomic E-state index is 0.0206. The summed E-state index contributed by atoms with van der Waals surface area (Å²) in [4.78, 5) is 12.1. The molecule has 7 nitrogen and oxygen atoms in total. The fraction of sp³-hybridized carbons (Fsp3) is 0.462. The number of nitrogens with zero attached hydrogens (tertiary/aromatic N) is 1.